The number of thiazole rings is 1. The summed E-state index contributed by atoms with van der Waals surface area (Å²) >= 11 is 1.60. The van der Waals surface area contributed by atoms with Crippen molar-refractivity contribution >= 4 is 17.0 Å². The molecule has 4 nitrogen and oxygen atoms in total. The lowest BCUT2D eigenvalue weighted by molar-refractivity contribution is 0.187. The SMILES string of the molecule is COCCn1c(-c2ccco2)csc1=Nc1ccccc1. The van der Waals surface area contributed by atoms with Gasteiger partial charge in [0.05, 0.1) is 24.3 Å². The second-order valence-electron chi connectivity index (χ2n) is 4.47. The maximum Gasteiger partial charge on any atom is 0.190 e. The topological polar surface area (TPSA) is 39.7 Å². The number of nitrogens with zero attached hydrogens (tertiary/aromatic N) is 2. The molecule has 0 spiro atoms. The van der Waals surface area contributed by atoms with Crippen LogP contribution in [0.2, 0.25) is 0 Å². The molecule has 5 heteroatoms. The van der Waals surface area contributed by atoms with Gasteiger partial charge in [0.15, 0.2) is 10.6 Å². The molecular weight excluding hydrogens is 284 g/mol. The molecule has 0 fully saturated rings. The minimum absolute atomic E-state index is 0.631. The second-order valence-corrected chi connectivity index (χ2v) is 5.31. The molecule has 1 aromatic carbocycles. The van der Waals surface area contributed by atoms with Gasteiger partial charge in [-0.15, -0.1) is 11.3 Å². The Hall–Kier alpha value is -2.11. The summed E-state index contributed by atoms with van der Waals surface area (Å²) in [6, 6.07) is 13.8. The highest BCUT2D eigenvalue weighted by atomic mass is 32.1. The first-order valence-electron chi connectivity index (χ1n) is 6.69. The van der Waals surface area contributed by atoms with Crippen LogP contribution >= 0.6 is 11.3 Å². The van der Waals surface area contributed by atoms with E-state index in [-0.39, 0.29) is 0 Å². The number of para-hydroxylation sites is 1. The van der Waals surface area contributed by atoms with Gasteiger partial charge in [0, 0.05) is 19.0 Å². The number of furan rings is 1. The van der Waals surface area contributed by atoms with E-state index in [1.54, 1.807) is 24.7 Å². The maximum absolute atomic E-state index is 5.51. The van der Waals surface area contributed by atoms with Gasteiger partial charge in [-0.05, 0) is 24.3 Å². The monoisotopic (exact) mass is 300 g/mol. The molecule has 0 bridgehead atoms. The number of hydrogen-bond acceptors (Lipinski definition) is 4. The largest absolute Gasteiger partial charge is 0.463 e. The molecule has 2 heterocycles. The third-order valence-electron chi connectivity index (χ3n) is 3.07. The highest BCUT2D eigenvalue weighted by Gasteiger charge is 2.10. The highest BCUT2D eigenvalue weighted by Crippen LogP contribution is 2.21. The predicted octanol–water partition coefficient (Wildman–Crippen LogP) is 3.69. The number of hydrogen-bond donors (Lipinski definition) is 0. The van der Waals surface area contributed by atoms with Crippen molar-refractivity contribution in [3.05, 3.63) is 58.9 Å². The summed E-state index contributed by atoms with van der Waals surface area (Å²) in [5, 5.41) is 2.07. The summed E-state index contributed by atoms with van der Waals surface area (Å²) < 4.78 is 12.8. The first-order valence-corrected chi connectivity index (χ1v) is 7.57. The zero-order valence-corrected chi connectivity index (χ0v) is 12.5. The number of aromatic nitrogens is 1. The van der Waals surface area contributed by atoms with Gasteiger partial charge in [0.2, 0.25) is 0 Å². The average molecular weight is 300 g/mol. The van der Waals surface area contributed by atoms with Gasteiger partial charge in [-0.1, -0.05) is 18.2 Å². The van der Waals surface area contributed by atoms with Crippen molar-refractivity contribution in [3.63, 3.8) is 0 Å². The lowest BCUT2D eigenvalue weighted by Gasteiger charge is -2.06. The minimum atomic E-state index is 0.631. The van der Waals surface area contributed by atoms with Gasteiger partial charge < -0.3 is 13.7 Å². The molecule has 0 atom stereocenters. The summed E-state index contributed by atoms with van der Waals surface area (Å²) in [5.74, 6) is 0.844. The van der Waals surface area contributed by atoms with Crippen LogP contribution in [0, 0.1) is 0 Å². The van der Waals surface area contributed by atoms with Gasteiger partial charge in [-0.3, -0.25) is 0 Å². The van der Waals surface area contributed by atoms with E-state index in [2.05, 4.69) is 9.95 Å². The highest BCUT2D eigenvalue weighted by molar-refractivity contribution is 7.07. The Morgan fingerprint density at radius 3 is 2.76 bits per heavy atom. The number of ether oxygens (including phenoxy) is 1. The molecule has 108 valence electrons. The second kappa shape index (κ2) is 6.56. The van der Waals surface area contributed by atoms with Crippen molar-refractivity contribution < 1.29 is 9.15 Å². The van der Waals surface area contributed by atoms with Crippen LogP contribution in [0.4, 0.5) is 5.69 Å². The fourth-order valence-electron chi connectivity index (χ4n) is 2.05. The van der Waals surface area contributed by atoms with Crippen LogP contribution in [-0.2, 0) is 11.3 Å². The summed E-state index contributed by atoms with van der Waals surface area (Å²) in [7, 11) is 1.70. The van der Waals surface area contributed by atoms with Gasteiger partial charge in [0.25, 0.3) is 0 Å². The molecule has 3 aromatic rings. The molecule has 0 saturated heterocycles. The first kappa shape index (κ1) is 13.9. The number of rotatable bonds is 5. The quantitative estimate of drug-likeness (QED) is 0.721. The van der Waals surface area contributed by atoms with Crippen molar-refractivity contribution in [1.82, 2.24) is 4.57 Å². The average Bonchev–Trinajstić information content (AvgIpc) is 3.16. The third kappa shape index (κ3) is 3.15. The zero-order chi connectivity index (χ0) is 14.5. The lowest BCUT2D eigenvalue weighted by Crippen LogP contribution is -2.18. The Morgan fingerprint density at radius 2 is 2.05 bits per heavy atom. The molecule has 3 rings (SSSR count). The van der Waals surface area contributed by atoms with Crippen molar-refractivity contribution in [1.29, 1.82) is 0 Å². The van der Waals surface area contributed by atoms with Gasteiger partial charge in [-0.2, -0.15) is 0 Å². The molecule has 0 aliphatic heterocycles. The van der Waals surface area contributed by atoms with Crippen molar-refractivity contribution in [3.8, 4) is 11.5 Å². The first-order chi connectivity index (χ1) is 10.4. The van der Waals surface area contributed by atoms with Crippen LogP contribution in [0.5, 0.6) is 0 Å². The molecule has 0 aliphatic carbocycles. The predicted molar refractivity (Wildman–Crippen MR) is 83.6 cm³/mol. The van der Waals surface area contributed by atoms with E-state index in [0.717, 1.165) is 28.5 Å². The lowest BCUT2D eigenvalue weighted by atomic mass is 10.3. The normalized spacial score (nSPS) is 12.0. The molecule has 2 aromatic heterocycles. The van der Waals surface area contributed by atoms with Crippen LogP contribution in [0.1, 0.15) is 0 Å². The van der Waals surface area contributed by atoms with E-state index in [1.807, 2.05) is 42.5 Å². The van der Waals surface area contributed by atoms with E-state index in [4.69, 9.17) is 14.1 Å². The van der Waals surface area contributed by atoms with E-state index >= 15 is 0 Å². The summed E-state index contributed by atoms with van der Waals surface area (Å²) in [4.78, 5) is 5.64. The van der Waals surface area contributed by atoms with Gasteiger partial charge >= 0.3 is 0 Å². The summed E-state index contributed by atoms with van der Waals surface area (Å²) in [6.07, 6.45) is 1.68. The van der Waals surface area contributed by atoms with Crippen LogP contribution in [-0.4, -0.2) is 18.3 Å². The van der Waals surface area contributed by atoms with Crippen molar-refractivity contribution in [2.24, 2.45) is 4.99 Å². The van der Waals surface area contributed by atoms with Gasteiger partial charge in [-0.25, -0.2) is 4.99 Å². The zero-order valence-electron chi connectivity index (χ0n) is 11.7. The van der Waals surface area contributed by atoms with Crippen LogP contribution in [0.3, 0.4) is 0 Å². The van der Waals surface area contributed by atoms with E-state index in [1.165, 1.54) is 0 Å². The molecule has 0 saturated carbocycles. The van der Waals surface area contributed by atoms with Crippen LogP contribution < -0.4 is 4.80 Å². The van der Waals surface area contributed by atoms with E-state index in [0.29, 0.717) is 6.61 Å². The fraction of sp³-hybridized carbons (Fsp3) is 0.188. The molecule has 0 unspecified atom stereocenters. The third-order valence-corrected chi connectivity index (χ3v) is 3.93. The molecule has 0 N–H and O–H groups in total. The van der Waals surface area contributed by atoms with Crippen LogP contribution in [0.15, 0.2) is 63.5 Å². The van der Waals surface area contributed by atoms with E-state index in [9.17, 15) is 0 Å². The Kier molecular flexibility index (Phi) is 4.33. The Morgan fingerprint density at radius 1 is 1.19 bits per heavy atom. The number of benzene rings is 1. The minimum Gasteiger partial charge on any atom is -0.463 e. The molecule has 21 heavy (non-hydrogen) atoms. The molecule has 0 radical (unpaired) electrons. The Bertz CT molecular complexity index is 742. The maximum atomic E-state index is 5.51. The fourth-order valence-corrected chi connectivity index (χ4v) is 2.99. The van der Waals surface area contributed by atoms with Crippen LogP contribution in [0.25, 0.3) is 11.5 Å². The van der Waals surface area contributed by atoms with Crippen molar-refractivity contribution in [2.45, 2.75) is 6.54 Å². The standard InChI is InChI=1S/C16H16N2O2S/c1-19-11-9-18-14(15-8-5-10-20-15)12-21-16(18)17-13-6-3-2-4-7-13/h2-8,10,12H,9,11H2,1H3. The molecule has 0 amide bonds. The summed E-state index contributed by atoms with van der Waals surface area (Å²) in [5.41, 5.74) is 1.97. The molecule has 0 aliphatic rings. The smallest absolute Gasteiger partial charge is 0.190 e. The van der Waals surface area contributed by atoms with Gasteiger partial charge in [0.1, 0.15) is 0 Å². The molecular formula is C16H16N2O2S. The summed E-state index contributed by atoms with van der Waals surface area (Å²) in [6.45, 7) is 1.37. The Labute approximate surface area is 127 Å². The van der Waals surface area contributed by atoms with E-state index < -0.39 is 0 Å². The Balaban J connectivity index is 2.06. The number of methoxy groups -OCH3 is 1. The van der Waals surface area contributed by atoms with Crippen molar-refractivity contribution in [2.75, 3.05) is 13.7 Å².